The lowest BCUT2D eigenvalue weighted by atomic mass is 9.84. The standard InChI is InChI=1S/C15H27N3O/c1-12(14(19)17-8-4-2-3-5-9-17)18-10-15(16,11-18)13-6-7-13/h12-13H,2-11,16H2,1H3. The van der Waals surface area contributed by atoms with Gasteiger partial charge in [-0.2, -0.15) is 0 Å². The third kappa shape index (κ3) is 2.65. The van der Waals surface area contributed by atoms with Gasteiger partial charge in [0, 0.05) is 31.7 Å². The second-order valence-electron chi connectivity index (χ2n) is 6.83. The zero-order chi connectivity index (χ0) is 13.5. The van der Waals surface area contributed by atoms with Crippen molar-refractivity contribution in [2.75, 3.05) is 26.2 Å². The maximum Gasteiger partial charge on any atom is 0.239 e. The molecule has 1 amide bonds. The van der Waals surface area contributed by atoms with Gasteiger partial charge in [-0.05, 0) is 38.5 Å². The monoisotopic (exact) mass is 265 g/mol. The van der Waals surface area contributed by atoms with E-state index in [0.717, 1.165) is 32.1 Å². The molecule has 2 N–H and O–H groups in total. The minimum Gasteiger partial charge on any atom is -0.341 e. The Morgan fingerprint density at radius 3 is 2.26 bits per heavy atom. The van der Waals surface area contributed by atoms with E-state index >= 15 is 0 Å². The minimum atomic E-state index is 0.0212. The van der Waals surface area contributed by atoms with Gasteiger partial charge < -0.3 is 10.6 Å². The van der Waals surface area contributed by atoms with Crippen LogP contribution in [0.15, 0.2) is 0 Å². The summed E-state index contributed by atoms with van der Waals surface area (Å²) in [5, 5.41) is 0. The van der Waals surface area contributed by atoms with Crippen molar-refractivity contribution in [3.63, 3.8) is 0 Å². The van der Waals surface area contributed by atoms with Gasteiger partial charge in [-0.1, -0.05) is 12.8 Å². The summed E-state index contributed by atoms with van der Waals surface area (Å²) < 4.78 is 0. The summed E-state index contributed by atoms with van der Waals surface area (Å²) in [4.78, 5) is 16.9. The van der Waals surface area contributed by atoms with Crippen LogP contribution in [0.25, 0.3) is 0 Å². The number of nitrogens with zero attached hydrogens (tertiary/aromatic N) is 2. The summed E-state index contributed by atoms with van der Waals surface area (Å²) in [7, 11) is 0. The number of carbonyl (C=O) groups excluding carboxylic acids is 1. The predicted octanol–water partition coefficient (Wildman–Crippen LogP) is 1.20. The van der Waals surface area contributed by atoms with Gasteiger partial charge in [0.25, 0.3) is 0 Å². The molecule has 3 fully saturated rings. The Kier molecular flexibility index (Phi) is 3.56. The molecule has 0 aromatic rings. The second kappa shape index (κ2) is 5.06. The fraction of sp³-hybridized carbons (Fsp3) is 0.933. The van der Waals surface area contributed by atoms with Crippen LogP contribution in [0.1, 0.15) is 45.4 Å². The Balaban J connectivity index is 1.52. The lowest BCUT2D eigenvalue weighted by Crippen LogP contribution is -2.71. The van der Waals surface area contributed by atoms with Gasteiger partial charge in [0.2, 0.25) is 5.91 Å². The summed E-state index contributed by atoms with van der Waals surface area (Å²) in [6, 6.07) is 0.0218. The average Bonchev–Trinajstić information content (AvgIpc) is 3.18. The maximum absolute atomic E-state index is 12.5. The van der Waals surface area contributed by atoms with E-state index in [4.69, 9.17) is 5.73 Å². The van der Waals surface area contributed by atoms with Crippen molar-refractivity contribution in [2.45, 2.75) is 57.0 Å². The van der Waals surface area contributed by atoms with E-state index in [2.05, 4.69) is 16.7 Å². The summed E-state index contributed by atoms with van der Waals surface area (Å²) in [6.45, 7) is 5.79. The number of amides is 1. The highest BCUT2D eigenvalue weighted by Gasteiger charge is 2.52. The van der Waals surface area contributed by atoms with Gasteiger partial charge >= 0.3 is 0 Å². The summed E-state index contributed by atoms with van der Waals surface area (Å²) >= 11 is 0. The zero-order valence-electron chi connectivity index (χ0n) is 12.1. The van der Waals surface area contributed by atoms with E-state index in [1.54, 1.807) is 0 Å². The molecular formula is C15H27N3O. The molecule has 1 aliphatic carbocycles. The number of nitrogens with two attached hydrogens (primary N) is 1. The lowest BCUT2D eigenvalue weighted by Gasteiger charge is -2.51. The molecule has 1 saturated carbocycles. The molecule has 0 aromatic carbocycles. The van der Waals surface area contributed by atoms with Crippen molar-refractivity contribution in [1.29, 1.82) is 0 Å². The van der Waals surface area contributed by atoms with Crippen LogP contribution in [0.2, 0.25) is 0 Å². The van der Waals surface area contributed by atoms with Crippen LogP contribution in [0, 0.1) is 5.92 Å². The quantitative estimate of drug-likeness (QED) is 0.834. The molecular weight excluding hydrogens is 238 g/mol. The summed E-state index contributed by atoms with van der Waals surface area (Å²) in [6.07, 6.45) is 7.46. The molecule has 4 heteroatoms. The van der Waals surface area contributed by atoms with Crippen LogP contribution in [0.5, 0.6) is 0 Å². The van der Waals surface area contributed by atoms with Crippen LogP contribution < -0.4 is 5.73 Å². The fourth-order valence-electron chi connectivity index (χ4n) is 3.61. The van der Waals surface area contributed by atoms with E-state index in [0.29, 0.717) is 5.91 Å². The Hall–Kier alpha value is -0.610. The van der Waals surface area contributed by atoms with Crippen LogP contribution >= 0.6 is 0 Å². The van der Waals surface area contributed by atoms with Crippen molar-refractivity contribution >= 4 is 5.91 Å². The van der Waals surface area contributed by atoms with Gasteiger partial charge in [-0.3, -0.25) is 9.69 Å². The smallest absolute Gasteiger partial charge is 0.239 e. The zero-order valence-corrected chi connectivity index (χ0v) is 12.1. The topological polar surface area (TPSA) is 49.6 Å². The number of hydrogen-bond donors (Lipinski definition) is 1. The van der Waals surface area contributed by atoms with Crippen molar-refractivity contribution in [3.05, 3.63) is 0 Å². The lowest BCUT2D eigenvalue weighted by molar-refractivity contribution is -0.139. The molecule has 4 nitrogen and oxygen atoms in total. The molecule has 0 bridgehead atoms. The predicted molar refractivity (Wildman–Crippen MR) is 75.7 cm³/mol. The van der Waals surface area contributed by atoms with E-state index in [1.165, 1.54) is 38.5 Å². The molecule has 0 aromatic heterocycles. The number of carbonyl (C=O) groups is 1. The van der Waals surface area contributed by atoms with Crippen LogP contribution in [-0.2, 0) is 4.79 Å². The largest absolute Gasteiger partial charge is 0.341 e. The molecule has 0 radical (unpaired) electrons. The van der Waals surface area contributed by atoms with Crippen molar-refractivity contribution in [1.82, 2.24) is 9.80 Å². The van der Waals surface area contributed by atoms with Gasteiger partial charge in [0.05, 0.1) is 6.04 Å². The first kappa shape index (κ1) is 13.4. The molecule has 108 valence electrons. The first-order chi connectivity index (χ1) is 9.10. The molecule has 1 atom stereocenters. The molecule has 2 heterocycles. The van der Waals surface area contributed by atoms with Crippen molar-refractivity contribution in [3.8, 4) is 0 Å². The van der Waals surface area contributed by atoms with Crippen molar-refractivity contribution < 1.29 is 4.79 Å². The highest BCUT2D eigenvalue weighted by atomic mass is 16.2. The third-order valence-corrected chi connectivity index (χ3v) is 5.21. The highest BCUT2D eigenvalue weighted by Crippen LogP contribution is 2.43. The summed E-state index contributed by atoms with van der Waals surface area (Å²) in [5.41, 5.74) is 6.39. The Labute approximate surface area is 116 Å². The van der Waals surface area contributed by atoms with Crippen molar-refractivity contribution in [2.24, 2.45) is 11.7 Å². The molecule has 19 heavy (non-hydrogen) atoms. The Morgan fingerprint density at radius 2 is 1.74 bits per heavy atom. The fourth-order valence-corrected chi connectivity index (χ4v) is 3.61. The van der Waals surface area contributed by atoms with E-state index in [-0.39, 0.29) is 11.6 Å². The maximum atomic E-state index is 12.5. The third-order valence-electron chi connectivity index (χ3n) is 5.21. The molecule has 0 spiro atoms. The Bertz CT molecular complexity index is 339. The number of rotatable bonds is 3. The molecule has 3 aliphatic rings. The molecule has 2 saturated heterocycles. The normalized spacial score (nSPS) is 29.5. The van der Waals surface area contributed by atoms with E-state index < -0.39 is 0 Å². The number of hydrogen-bond acceptors (Lipinski definition) is 3. The first-order valence-corrected chi connectivity index (χ1v) is 7.92. The second-order valence-corrected chi connectivity index (χ2v) is 6.83. The van der Waals surface area contributed by atoms with Gasteiger partial charge in [0.1, 0.15) is 0 Å². The summed E-state index contributed by atoms with van der Waals surface area (Å²) in [5.74, 6) is 1.05. The van der Waals surface area contributed by atoms with Gasteiger partial charge in [0.15, 0.2) is 0 Å². The van der Waals surface area contributed by atoms with Gasteiger partial charge in [-0.15, -0.1) is 0 Å². The van der Waals surface area contributed by atoms with Gasteiger partial charge in [-0.25, -0.2) is 0 Å². The Morgan fingerprint density at radius 1 is 1.16 bits per heavy atom. The van der Waals surface area contributed by atoms with E-state index in [1.807, 2.05) is 0 Å². The average molecular weight is 265 g/mol. The van der Waals surface area contributed by atoms with E-state index in [9.17, 15) is 4.79 Å². The number of likely N-dealkylation sites (tertiary alicyclic amines) is 2. The molecule has 2 aliphatic heterocycles. The van der Waals surface area contributed by atoms with Crippen LogP contribution in [0.3, 0.4) is 0 Å². The first-order valence-electron chi connectivity index (χ1n) is 7.92. The SMILES string of the molecule is CC(C(=O)N1CCCCCC1)N1CC(N)(C2CC2)C1. The van der Waals surface area contributed by atoms with Crippen LogP contribution in [-0.4, -0.2) is 53.5 Å². The molecule has 1 unspecified atom stereocenters. The van der Waals surface area contributed by atoms with Crippen LogP contribution in [0.4, 0.5) is 0 Å². The highest BCUT2D eigenvalue weighted by molar-refractivity contribution is 5.81. The minimum absolute atomic E-state index is 0.0212. The molecule has 3 rings (SSSR count).